The van der Waals surface area contributed by atoms with Gasteiger partial charge in [-0.05, 0) is 37.3 Å². The maximum absolute atomic E-state index is 13.5. The van der Waals surface area contributed by atoms with Crippen molar-refractivity contribution in [2.45, 2.75) is 6.92 Å². The summed E-state index contributed by atoms with van der Waals surface area (Å²) in [5, 5.41) is 2.22. The van der Waals surface area contributed by atoms with Crippen molar-refractivity contribution in [1.29, 1.82) is 0 Å². The van der Waals surface area contributed by atoms with E-state index in [1.54, 1.807) is 41.0 Å². The summed E-state index contributed by atoms with van der Waals surface area (Å²) in [6.45, 7) is 1.88. The first-order chi connectivity index (χ1) is 11.1. The Hall–Kier alpha value is -2.24. The number of hydrogen-bond donors (Lipinski definition) is 0. The lowest BCUT2D eigenvalue weighted by atomic mass is 10.2. The van der Waals surface area contributed by atoms with Crippen LogP contribution in [0.3, 0.4) is 0 Å². The van der Waals surface area contributed by atoms with Crippen LogP contribution in [-0.2, 0) is 0 Å². The molecular formula is C17H12ClFN2OS. The molecule has 2 aromatic carbocycles. The Balaban J connectivity index is 2.12. The third kappa shape index (κ3) is 3.25. The van der Waals surface area contributed by atoms with Crippen LogP contribution < -0.4 is 4.80 Å². The number of halogens is 2. The molecule has 0 bridgehead atoms. The molecule has 0 aliphatic rings. The quantitative estimate of drug-likeness (QED) is 0.678. The molecule has 3 aromatic rings. The van der Waals surface area contributed by atoms with E-state index in [1.165, 1.54) is 23.5 Å². The minimum Gasteiger partial charge on any atom is -0.290 e. The van der Waals surface area contributed by atoms with Crippen molar-refractivity contribution in [1.82, 2.24) is 4.57 Å². The van der Waals surface area contributed by atoms with Gasteiger partial charge in [-0.1, -0.05) is 29.8 Å². The fourth-order valence-electron chi connectivity index (χ4n) is 2.18. The highest BCUT2D eigenvalue weighted by atomic mass is 35.5. The number of carbonyl (C=O) groups is 1. The van der Waals surface area contributed by atoms with Gasteiger partial charge in [0.25, 0.3) is 5.91 Å². The van der Waals surface area contributed by atoms with Gasteiger partial charge in [-0.15, -0.1) is 11.3 Å². The Morgan fingerprint density at radius 1 is 1.22 bits per heavy atom. The first-order valence-corrected chi connectivity index (χ1v) is 8.08. The van der Waals surface area contributed by atoms with Crippen LogP contribution in [0.4, 0.5) is 4.39 Å². The van der Waals surface area contributed by atoms with Crippen molar-refractivity contribution >= 4 is 28.8 Å². The molecule has 0 N–H and O–H groups in total. The molecule has 0 saturated heterocycles. The second kappa shape index (κ2) is 6.48. The Morgan fingerprint density at radius 3 is 2.74 bits per heavy atom. The zero-order valence-corrected chi connectivity index (χ0v) is 13.7. The van der Waals surface area contributed by atoms with E-state index in [2.05, 4.69) is 4.99 Å². The van der Waals surface area contributed by atoms with E-state index in [4.69, 9.17) is 11.6 Å². The predicted octanol–water partition coefficient (Wildman–Crippen LogP) is 4.38. The molecule has 0 unspecified atom stereocenters. The van der Waals surface area contributed by atoms with Gasteiger partial charge in [0.05, 0.1) is 16.3 Å². The van der Waals surface area contributed by atoms with Crippen LogP contribution in [0.25, 0.3) is 5.69 Å². The molecule has 23 heavy (non-hydrogen) atoms. The number of carbonyl (C=O) groups excluding carboxylic acids is 1. The molecule has 0 spiro atoms. The smallest absolute Gasteiger partial charge is 0.281 e. The SMILES string of the molecule is Cc1csc(=NC(=O)c2ccccc2Cl)n1-c1cccc(F)c1. The van der Waals surface area contributed by atoms with Crippen molar-refractivity contribution in [2.75, 3.05) is 0 Å². The van der Waals surface area contributed by atoms with Crippen LogP contribution in [0.5, 0.6) is 0 Å². The zero-order chi connectivity index (χ0) is 16.4. The van der Waals surface area contributed by atoms with E-state index in [0.717, 1.165) is 5.69 Å². The van der Waals surface area contributed by atoms with Crippen molar-refractivity contribution in [3.8, 4) is 5.69 Å². The summed E-state index contributed by atoms with van der Waals surface area (Å²) >= 11 is 7.35. The van der Waals surface area contributed by atoms with Crippen molar-refractivity contribution in [2.24, 2.45) is 4.99 Å². The summed E-state index contributed by atoms with van der Waals surface area (Å²) in [7, 11) is 0. The van der Waals surface area contributed by atoms with Crippen molar-refractivity contribution in [3.05, 3.63) is 80.8 Å². The second-order valence-corrected chi connectivity index (χ2v) is 6.12. The predicted molar refractivity (Wildman–Crippen MR) is 89.7 cm³/mol. The number of aryl methyl sites for hydroxylation is 1. The zero-order valence-electron chi connectivity index (χ0n) is 12.2. The van der Waals surface area contributed by atoms with Gasteiger partial charge < -0.3 is 0 Å². The summed E-state index contributed by atoms with van der Waals surface area (Å²) in [6.07, 6.45) is 0. The molecule has 0 atom stereocenters. The van der Waals surface area contributed by atoms with Crippen molar-refractivity contribution < 1.29 is 9.18 Å². The lowest BCUT2D eigenvalue weighted by Gasteiger charge is -2.06. The summed E-state index contributed by atoms with van der Waals surface area (Å²) < 4.78 is 15.2. The van der Waals surface area contributed by atoms with Crippen LogP contribution in [0.2, 0.25) is 5.02 Å². The van der Waals surface area contributed by atoms with E-state index in [1.807, 2.05) is 12.3 Å². The maximum atomic E-state index is 13.5. The lowest BCUT2D eigenvalue weighted by molar-refractivity contribution is 0.0998. The Bertz CT molecular complexity index is 946. The van der Waals surface area contributed by atoms with Gasteiger partial charge in [-0.25, -0.2) is 4.39 Å². The third-order valence-corrected chi connectivity index (χ3v) is 4.52. The van der Waals surface area contributed by atoms with Gasteiger partial charge in [-0.3, -0.25) is 9.36 Å². The minimum atomic E-state index is -0.428. The van der Waals surface area contributed by atoms with Crippen LogP contribution in [0, 0.1) is 12.7 Å². The summed E-state index contributed by atoms with van der Waals surface area (Å²) in [5.74, 6) is -0.772. The Labute approximate surface area is 141 Å². The van der Waals surface area contributed by atoms with E-state index in [9.17, 15) is 9.18 Å². The molecule has 0 aliphatic heterocycles. The second-order valence-electron chi connectivity index (χ2n) is 4.87. The number of amides is 1. The average molecular weight is 347 g/mol. The molecule has 0 saturated carbocycles. The normalized spacial score (nSPS) is 11.7. The summed E-state index contributed by atoms with van der Waals surface area (Å²) in [4.78, 5) is 17.0. The van der Waals surface area contributed by atoms with Crippen LogP contribution in [0.15, 0.2) is 58.9 Å². The number of aromatic nitrogens is 1. The molecule has 116 valence electrons. The number of hydrogen-bond acceptors (Lipinski definition) is 2. The van der Waals surface area contributed by atoms with Gasteiger partial charge in [0.1, 0.15) is 5.82 Å². The largest absolute Gasteiger partial charge is 0.290 e. The van der Waals surface area contributed by atoms with Crippen LogP contribution >= 0.6 is 22.9 Å². The highest BCUT2D eigenvalue weighted by Crippen LogP contribution is 2.16. The maximum Gasteiger partial charge on any atom is 0.281 e. The van der Waals surface area contributed by atoms with Gasteiger partial charge in [0.15, 0.2) is 4.80 Å². The standard InChI is InChI=1S/C17H12ClFN2OS/c1-11-10-23-17(21(11)13-6-4-5-12(19)9-13)20-16(22)14-7-2-3-8-15(14)18/h2-10H,1H3. The van der Waals surface area contributed by atoms with Crippen LogP contribution in [0.1, 0.15) is 16.1 Å². The Morgan fingerprint density at radius 2 is 2.00 bits per heavy atom. The fourth-order valence-corrected chi connectivity index (χ4v) is 3.27. The average Bonchev–Trinajstić information content (AvgIpc) is 2.88. The van der Waals surface area contributed by atoms with Gasteiger partial charge in [0, 0.05) is 11.1 Å². The van der Waals surface area contributed by atoms with E-state index < -0.39 is 5.91 Å². The highest BCUT2D eigenvalue weighted by Gasteiger charge is 2.11. The number of rotatable bonds is 2. The van der Waals surface area contributed by atoms with E-state index in [-0.39, 0.29) is 5.82 Å². The van der Waals surface area contributed by atoms with E-state index >= 15 is 0 Å². The first-order valence-electron chi connectivity index (χ1n) is 6.83. The summed E-state index contributed by atoms with van der Waals surface area (Å²) in [6, 6.07) is 12.9. The molecule has 0 radical (unpaired) electrons. The molecule has 3 rings (SSSR count). The van der Waals surface area contributed by atoms with Gasteiger partial charge in [-0.2, -0.15) is 4.99 Å². The molecule has 1 aromatic heterocycles. The molecule has 1 amide bonds. The van der Waals surface area contributed by atoms with E-state index in [0.29, 0.717) is 21.1 Å². The number of nitrogens with zero attached hydrogens (tertiary/aromatic N) is 2. The molecule has 0 aliphatic carbocycles. The van der Waals surface area contributed by atoms with Gasteiger partial charge >= 0.3 is 0 Å². The molecule has 3 nitrogen and oxygen atoms in total. The first kappa shape index (κ1) is 15.6. The molecule has 6 heteroatoms. The monoisotopic (exact) mass is 346 g/mol. The fraction of sp³-hybridized carbons (Fsp3) is 0.0588. The Kier molecular flexibility index (Phi) is 4.41. The number of benzene rings is 2. The molecule has 1 heterocycles. The molecular weight excluding hydrogens is 335 g/mol. The highest BCUT2D eigenvalue weighted by molar-refractivity contribution is 7.07. The van der Waals surface area contributed by atoms with Gasteiger partial charge in [0.2, 0.25) is 0 Å². The topological polar surface area (TPSA) is 34.4 Å². The summed E-state index contributed by atoms with van der Waals surface area (Å²) in [5.41, 5.74) is 1.83. The third-order valence-electron chi connectivity index (χ3n) is 3.25. The minimum absolute atomic E-state index is 0.339. The van der Waals surface area contributed by atoms with Crippen LogP contribution in [-0.4, -0.2) is 10.5 Å². The van der Waals surface area contributed by atoms with Crippen molar-refractivity contribution in [3.63, 3.8) is 0 Å². The molecule has 0 fully saturated rings. The number of thiazole rings is 1. The lowest BCUT2D eigenvalue weighted by Crippen LogP contribution is -2.16.